The molecule has 1 aromatic carbocycles. The molecule has 0 aliphatic carbocycles. The van der Waals surface area contributed by atoms with Gasteiger partial charge in [0.1, 0.15) is 11.6 Å². The third kappa shape index (κ3) is 3.35. The standard InChI is InChI=1S/C11H9Br2F2NO/c1-2-3-6-8(16-9(17)5-12)4-7(14)10(13)11(6)15/h2,4H,1,3,5H2,(H,16,17). The van der Waals surface area contributed by atoms with Crippen molar-refractivity contribution in [2.75, 3.05) is 10.6 Å². The average Bonchev–Trinajstić information content (AvgIpc) is 2.31. The van der Waals surface area contributed by atoms with Crippen LogP contribution < -0.4 is 5.32 Å². The molecule has 0 saturated carbocycles. The molecule has 0 saturated heterocycles. The van der Waals surface area contributed by atoms with E-state index in [0.29, 0.717) is 0 Å². The summed E-state index contributed by atoms with van der Waals surface area (Å²) in [5.74, 6) is -1.87. The molecular weight excluding hydrogens is 360 g/mol. The molecule has 1 amide bonds. The molecule has 1 N–H and O–H groups in total. The number of alkyl halides is 1. The fraction of sp³-hybridized carbons (Fsp3) is 0.182. The number of carbonyl (C=O) groups is 1. The lowest BCUT2D eigenvalue weighted by Gasteiger charge is -2.12. The number of amides is 1. The van der Waals surface area contributed by atoms with Gasteiger partial charge in [0.25, 0.3) is 0 Å². The minimum absolute atomic E-state index is 0.0554. The van der Waals surface area contributed by atoms with Gasteiger partial charge in [-0.3, -0.25) is 4.79 Å². The van der Waals surface area contributed by atoms with Gasteiger partial charge in [0.15, 0.2) is 0 Å². The highest BCUT2D eigenvalue weighted by atomic mass is 79.9. The Kier molecular flexibility index (Phi) is 5.27. The van der Waals surface area contributed by atoms with Crippen molar-refractivity contribution in [2.45, 2.75) is 6.42 Å². The van der Waals surface area contributed by atoms with E-state index in [1.54, 1.807) is 0 Å². The lowest BCUT2D eigenvalue weighted by Crippen LogP contribution is -2.15. The van der Waals surface area contributed by atoms with E-state index in [-0.39, 0.29) is 33.4 Å². The van der Waals surface area contributed by atoms with E-state index < -0.39 is 11.6 Å². The highest BCUT2D eigenvalue weighted by Crippen LogP contribution is 2.29. The lowest BCUT2D eigenvalue weighted by atomic mass is 10.1. The Morgan fingerprint density at radius 1 is 1.53 bits per heavy atom. The fourth-order valence-electron chi connectivity index (χ4n) is 1.27. The highest BCUT2D eigenvalue weighted by molar-refractivity contribution is 9.10. The Hall–Kier alpha value is -0.750. The summed E-state index contributed by atoms with van der Waals surface area (Å²) in [5, 5.41) is 2.47. The van der Waals surface area contributed by atoms with E-state index >= 15 is 0 Å². The van der Waals surface area contributed by atoms with Gasteiger partial charge in [-0.1, -0.05) is 22.0 Å². The summed E-state index contributed by atoms with van der Waals surface area (Å²) in [6.45, 7) is 3.49. The molecule has 0 fully saturated rings. The van der Waals surface area contributed by atoms with Gasteiger partial charge in [-0.05, 0) is 28.4 Å². The number of nitrogens with one attached hydrogen (secondary N) is 1. The number of anilines is 1. The molecule has 0 bridgehead atoms. The van der Waals surface area contributed by atoms with Crippen LogP contribution in [0.2, 0.25) is 0 Å². The number of hydrogen-bond donors (Lipinski definition) is 1. The largest absolute Gasteiger partial charge is 0.325 e. The third-order valence-corrected chi connectivity index (χ3v) is 3.24. The van der Waals surface area contributed by atoms with Gasteiger partial charge < -0.3 is 5.32 Å². The molecule has 0 aliphatic heterocycles. The summed E-state index contributed by atoms with van der Waals surface area (Å²) in [5.41, 5.74) is 0.315. The summed E-state index contributed by atoms with van der Waals surface area (Å²) < 4.78 is 26.9. The van der Waals surface area contributed by atoms with Crippen LogP contribution in [-0.4, -0.2) is 11.2 Å². The van der Waals surface area contributed by atoms with E-state index in [9.17, 15) is 13.6 Å². The highest BCUT2D eigenvalue weighted by Gasteiger charge is 2.17. The van der Waals surface area contributed by atoms with Crippen molar-refractivity contribution in [2.24, 2.45) is 0 Å². The monoisotopic (exact) mass is 367 g/mol. The van der Waals surface area contributed by atoms with Crippen molar-refractivity contribution in [3.8, 4) is 0 Å². The number of benzene rings is 1. The molecule has 2 nitrogen and oxygen atoms in total. The Balaban J connectivity index is 3.26. The Morgan fingerprint density at radius 3 is 2.71 bits per heavy atom. The Morgan fingerprint density at radius 2 is 2.18 bits per heavy atom. The molecule has 1 aromatic rings. The van der Waals surface area contributed by atoms with Gasteiger partial charge in [0.2, 0.25) is 5.91 Å². The maximum absolute atomic E-state index is 13.8. The second-order valence-electron chi connectivity index (χ2n) is 3.19. The predicted octanol–water partition coefficient (Wildman–Crippen LogP) is 3.79. The van der Waals surface area contributed by atoms with Crippen LogP contribution >= 0.6 is 31.9 Å². The SMILES string of the molecule is C=CCc1c(NC(=O)CBr)cc(F)c(Br)c1F. The van der Waals surface area contributed by atoms with Gasteiger partial charge >= 0.3 is 0 Å². The zero-order chi connectivity index (χ0) is 13.0. The predicted molar refractivity (Wildman–Crippen MR) is 70.4 cm³/mol. The van der Waals surface area contributed by atoms with Crippen LogP contribution in [0.15, 0.2) is 23.2 Å². The topological polar surface area (TPSA) is 29.1 Å². The van der Waals surface area contributed by atoms with Crippen LogP contribution in [0.1, 0.15) is 5.56 Å². The number of halogens is 4. The zero-order valence-electron chi connectivity index (χ0n) is 8.70. The van der Waals surface area contributed by atoms with Gasteiger partial charge in [-0.25, -0.2) is 8.78 Å². The molecule has 17 heavy (non-hydrogen) atoms. The first kappa shape index (κ1) is 14.3. The smallest absolute Gasteiger partial charge is 0.235 e. The minimum Gasteiger partial charge on any atom is -0.325 e. The van der Waals surface area contributed by atoms with E-state index in [4.69, 9.17) is 0 Å². The normalized spacial score (nSPS) is 10.1. The molecule has 92 valence electrons. The van der Waals surface area contributed by atoms with Crippen molar-refractivity contribution < 1.29 is 13.6 Å². The van der Waals surface area contributed by atoms with Gasteiger partial charge in [-0.15, -0.1) is 6.58 Å². The van der Waals surface area contributed by atoms with E-state index in [0.717, 1.165) is 6.07 Å². The Labute approximate surface area is 114 Å². The molecule has 1 rings (SSSR count). The van der Waals surface area contributed by atoms with Crippen LogP contribution in [0.4, 0.5) is 14.5 Å². The number of carbonyl (C=O) groups excluding carboxylic acids is 1. The molecule has 0 spiro atoms. The molecule has 6 heteroatoms. The van der Waals surface area contributed by atoms with Crippen LogP contribution in [0.3, 0.4) is 0 Å². The van der Waals surface area contributed by atoms with E-state index in [1.807, 2.05) is 0 Å². The molecule has 0 aromatic heterocycles. The molecule has 0 unspecified atom stereocenters. The van der Waals surface area contributed by atoms with Crippen LogP contribution in [0.5, 0.6) is 0 Å². The second kappa shape index (κ2) is 6.26. The van der Waals surface area contributed by atoms with Crippen molar-refractivity contribution >= 4 is 43.5 Å². The maximum atomic E-state index is 13.8. The summed E-state index contributed by atoms with van der Waals surface area (Å²) in [6.07, 6.45) is 1.68. The van der Waals surface area contributed by atoms with Gasteiger partial charge in [0, 0.05) is 5.56 Å². The van der Waals surface area contributed by atoms with Crippen LogP contribution in [0.25, 0.3) is 0 Å². The summed E-state index contributed by atoms with van der Waals surface area (Å²) in [7, 11) is 0. The zero-order valence-corrected chi connectivity index (χ0v) is 11.9. The second-order valence-corrected chi connectivity index (χ2v) is 4.54. The fourth-order valence-corrected chi connectivity index (χ4v) is 1.77. The molecule has 0 atom stereocenters. The number of allylic oxidation sites excluding steroid dienone is 1. The van der Waals surface area contributed by atoms with Crippen molar-refractivity contribution in [3.05, 3.63) is 40.4 Å². The third-order valence-electron chi connectivity index (χ3n) is 2.01. The van der Waals surface area contributed by atoms with Crippen LogP contribution in [0, 0.1) is 11.6 Å². The first-order chi connectivity index (χ1) is 8.01. The first-order valence-corrected chi connectivity index (χ1v) is 6.55. The lowest BCUT2D eigenvalue weighted by molar-refractivity contribution is -0.113. The Bertz CT molecular complexity index is 463. The van der Waals surface area contributed by atoms with Crippen molar-refractivity contribution in [3.63, 3.8) is 0 Å². The number of hydrogen-bond acceptors (Lipinski definition) is 1. The molecule has 0 radical (unpaired) electrons. The average molecular weight is 369 g/mol. The van der Waals surface area contributed by atoms with Gasteiger partial charge in [-0.2, -0.15) is 0 Å². The first-order valence-electron chi connectivity index (χ1n) is 4.64. The number of rotatable bonds is 4. The summed E-state index contributed by atoms with van der Waals surface area (Å²) >= 11 is 5.77. The molecular formula is C11H9Br2F2NO. The van der Waals surface area contributed by atoms with Crippen molar-refractivity contribution in [1.82, 2.24) is 0 Å². The van der Waals surface area contributed by atoms with E-state index in [2.05, 4.69) is 43.8 Å². The van der Waals surface area contributed by atoms with Crippen molar-refractivity contribution in [1.29, 1.82) is 0 Å². The summed E-state index contributed by atoms with van der Waals surface area (Å²) in [4.78, 5) is 11.2. The van der Waals surface area contributed by atoms with Gasteiger partial charge in [0.05, 0.1) is 15.5 Å². The minimum atomic E-state index is -0.764. The maximum Gasteiger partial charge on any atom is 0.235 e. The summed E-state index contributed by atoms with van der Waals surface area (Å²) in [6, 6.07) is 1.08. The molecule has 0 aliphatic rings. The van der Waals surface area contributed by atoms with E-state index in [1.165, 1.54) is 6.08 Å². The van der Waals surface area contributed by atoms with Crippen LogP contribution in [-0.2, 0) is 11.2 Å². The molecule has 0 heterocycles. The quantitative estimate of drug-likeness (QED) is 0.489.